The van der Waals surface area contributed by atoms with Gasteiger partial charge >= 0.3 is 0 Å². The molecule has 0 radical (unpaired) electrons. The largest absolute Gasteiger partial charge is 0.329 e. The summed E-state index contributed by atoms with van der Waals surface area (Å²) in [6.45, 7) is 8.25. The maximum absolute atomic E-state index is 5.74. The molecule has 0 aliphatic carbocycles. The fourth-order valence-electron chi connectivity index (χ4n) is 1.32. The summed E-state index contributed by atoms with van der Waals surface area (Å²) in [6.07, 6.45) is 0. The first-order valence-electron chi connectivity index (χ1n) is 5.13. The Morgan fingerprint density at radius 2 is 2.14 bits per heavy atom. The topological polar surface area (TPSA) is 38.0 Å². The minimum Gasteiger partial charge on any atom is -0.329 e. The Kier molecular flexibility index (Phi) is 4.58. The highest BCUT2D eigenvalue weighted by Gasteiger charge is 2.10. The second-order valence-electron chi connectivity index (χ2n) is 4.04. The quantitative estimate of drug-likeness (QED) is 0.786. The van der Waals surface area contributed by atoms with Crippen molar-refractivity contribution in [1.82, 2.24) is 5.32 Å². The van der Waals surface area contributed by atoms with Gasteiger partial charge in [-0.2, -0.15) is 0 Å². The van der Waals surface area contributed by atoms with Gasteiger partial charge in [0, 0.05) is 16.3 Å². The van der Waals surface area contributed by atoms with Crippen LogP contribution in [0.5, 0.6) is 0 Å². The van der Waals surface area contributed by atoms with Crippen molar-refractivity contribution in [1.29, 1.82) is 0 Å². The molecule has 80 valence electrons. The predicted octanol–water partition coefficient (Wildman–Crippen LogP) is 2.30. The molecule has 0 amide bonds. The molecule has 14 heavy (non-hydrogen) atoms. The Hall–Kier alpha value is -0.380. The molecule has 1 atom stereocenters. The van der Waals surface area contributed by atoms with Gasteiger partial charge in [0.2, 0.25) is 0 Å². The van der Waals surface area contributed by atoms with Crippen LogP contribution in [-0.2, 0) is 0 Å². The van der Waals surface area contributed by atoms with Crippen LogP contribution >= 0.6 is 11.3 Å². The van der Waals surface area contributed by atoms with Crippen LogP contribution in [0.4, 0.5) is 0 Å². The van der Waals surface area contributed by atoms with Gasteiger partial charge in [-0.25, -0.2) is 0 Å². The van der Waals surface area contributed by atoms with Crippen molar-refractivity contribution < 1.29 is 0 Å². The summed E-state index contributed by atoms with van der Waals surface area (Å²) in [7, 11) is 0. The van der Waals surface area contributed by atoms with Crippen LogP contribution in [0.25, 0.3) is 0 Å². The number of thiophene rings is 1. The summed E-state index contributed by atoms with van der Waals surface area (Å²) in [5.74, 6) is 0.671. The van der Waals surface area contributed by atoms with Crippen molar-refractivity contribution in [3.05, 3.63) is 21.9 Å². The van der Waals surface area contributed by atoms with Gasteiger partial charge in [0.25, 0.3) is 0 Å². The van der Waals surface area contributed by atoms with Crippen LogP contribution in [0.1, 0.15) is 29.6 Å². The van der Waals surface area contributed by atoms with E-state index < -0.39 is 0 Å². The maximum Gasteiger partial charge on any atom is 0.0539 e. The molecule has 1 heterocycles. The highest BCUT2D eigenvalue weighted by molar-refractivity contribution is 7.12. The molecule has 1 aromatic rings. The molecule has 3 heteroatoms. The van der Waals surface area contributed by atoms with Crippen molar-refractivity contribution >= 4 is 11.3 Å². The molecule has 0 saturated heterocycles. The summed E-state index contributed by atoms with van der Waals surface area (Å²) < 4.78 is 0. The lowest BCUT2D eigenvalue weighted by molar-refractivity contribution is 0.483. The first-order chi connectivity index (χ1) is 6.63. The zero-order valence-electron chi connectivity index (χ0n) is 9.21. The van der Waals surface area contributed by atoms with E-state index in [9.17, 15) is 0 Å². The molecule has 1 unspecified atom stereocenters. The summed E-state index contributed by atoms with van der Waals surface area (Å²) in [5, 5.41) is 3.48. The lowest BCUT2D eigenvalue weighted by Gasteiger charge is -2.16. The molecule has 0 spiro atoms. The lowest BCUT2D eigenvalue weighted by Crippen LogP contribution is -2.30. The van der Waals surface area contributed by atoms with E-state index in [1.165, 1.54) is 9.75 Å². The van der Waals surface area contributed by atoms with Gasteiger partial charge in [0.15, 0.2) is 0 Å². The number of nitrogens with two attached hydrogens (primary N) is 1. The minimum atomic E-state index is 0.330. The SMILES string of the molecule is Cc1ccc(C(CN)NCC(C)C)s1. The van der Waals surface area contributed by atoms with Gasteiger partial charge < -0.3 is 11.1 Å². The van der Waals surface area contributed by atoms with Crippen LogP contribution in [-0.4, -0.2) is 13.1 Å². The first kappa shape index (κ1) is 11.7. The summed E-state index contributed by atoms with van der Waals surface area (Å²) in [5.41, 5.74) is 5.74. The van der Waals surface area contributed by atoms with E-state index in [2.05, 4.69) is 38.2 Å². The van der Waals surface area contributed by atoms with Gasteiger partial charge in [0.1, 0.15) is 0 Å². The van der Waals surface area contributed by atoms with E-state index in [0.29, 0.717) is 18.5 Å². The fourth-order valence-corrected chi connectivity index (χ4v) is 2.28. The molecular weight excluding hydrogens is 192 g/mol. The Bertz CT molecular complexity index is 268. The van der Waals surface area contributed by atoms with E-state index >= 15 is 0 Å². The second-order valence-corrected chi connectivity index (χ2v) is 5.36. The zero-order valence-corrected chi connectivity index (χ0v) is 10.0. The molecular formula is C11H20N2S. The molecule has 0 aliphatic heterocycles. The van der Waals surface area contributed by atoms with Crippen molar-refractivity contribution in [3.63, 3.8) is 0 Å². The van der Waals surface area contributed by atoms with Gasteiger partial charge in [0.05, 0.1) is 6.04 Å². The number of hydrogen-bond acceptors (Lipinski definition) is 3. The molecule has 1 rings (SSSR count). The number of hydrogen-bond donors (Lipinski definition) is 2. The van der Waals surface area contributed by atoms with Gasteiger partial charge in [-0.1, -0.05) is 13.8 Å². The van der Waals surface area contributed by atoms with E-state index in [1.54, 1.807) is 0 Å². The van der Waals surface area contributed by atoms with Gasteiger partial charge in [-0.3, -0.25) is 0 Å². The van der Waals surface area contributed by atoms with E-state index in [-0.39, 0.29) is 0 Å². The second kappa shape index (κ2) is 5.49. The van der Waals surface area contributed by atoms with Crippen molar-refractivity contribution in [2.45, 2.75) is 26.8 Å². The molecule has 0 aliphatic rings. The average Bonchev–Trinajstić information content (AvgIpc) is 2.53. The summed E-state index contributed by atoms with van der Waals surface area (Å²) >= 11 is 1.83. The Morgan fingerprint density at radius 1 is 1.43 bits per heavy atom. The highest BCUT2D eigenvalue weighted by Crippen LogP contribution is 2.21. The summed E-state index contributed by atoms with van der Waals surface area (Å²) in [6, 6.07) is 4.65. The van der Waals surface area contributed by atoms with E-state index in [4.69, 9.17) is 5.73 Å². The van der Waals surface area contributed by atoms with Crippen LogP contribution in [0, 0.1) is 12.8 Å². The Balaban J connectivity index is 2.54. The predicted molar refractivity (Wildman–Crippen MR) is 63.7 cm³/mol. The third kappa shape index (κ3) is 3.40. The van der Waals surface area contributed by atoms with Crippen LogP contribution in [0.3, 0.4) is 0 Å². The molecule has 2 nitrogen and oxygen atoms in total. The standard InChI is InChI=1S/C11H20N2S/c1-8(2)7-13-10(6-12)11-5-4-9(3)14-11/h4-5,8,10,13H,6-7,12H2,1-3H3. The number of rotatable bonds is 5. The number of aryl methyl sites for hydroxylation is 1. The van der Waals surface area contributed by atoms with E-state index in [0.717, 1.165) is 6.54 Å². The lowest BCUT2D eigenvalue weighted by atomic mass is 10.2. The number of nitrogens with one attached hydrogen (secondary N) is 1. The third-order valence-corrected chi connectivity index (χ3v) is 3.23. The average molecular weight is 212 g/mol. The zero-order chi connectivity index (χ0) is 10.6. The smallest absolute Gasteiger partial charge is 0.0539 e. The molecule has 1 aromatic heterocycles. The first-order valence-corrected chi connectivity index (χ1v) is 5.95. The molecule has 0 saturated carbocycles. The summed E-state index contributed by atoms with van der Waals surface area (Å²) in [4.78, 5) is 2.70. The minimum absolute atomic E-state index is 0.330. The molecule has 0 bridgehead atoms. The molecule has 3 N–H and O–H groups in total. The Labute approximate surface area is 90.5 Å². The Morgan fingerprint density at radius 3 is 2.57 bits per heavy atom. The molecule has 0 fully saturated rings. The molecule has 0 aromatic carbocycles. The normalized spacial score (nSPS) is 13.5. The van der Waals surface area contributed by atoms with Gasteiger partial charge in [-0.05, 0) is 31.5 Å². The van der Waals surface area contributed by atoms with E-state index in [1.807, 2.05) is 11.3 Å². The monoisotopic (exact) mass is 212 g/mol. The van der Waals surface area contributed by atoms with Crippen LogP contribution < -0.4 is 11.1 Å². The van der Waals surface area contributed by atoms with Crippen molar-refractivity contribution in [2.75, 3.05) is 13.1 Å². The highest BCUT2D eigenvalue weighted by atomic mass is 32.1. The third-order valence-electron chi connectivity index (χ3n) is 2.11. The van der Waals surface area contributed by atoms with Gasteiger partial charge in [-0.15, -0.1) is 11.3 Å². The maximum atomic E-state index is 5.74. The van der Waals surface area contributed by atoms with Crippen LogP contribution in [0.15, 0.2) is 12.1 Å². The van der Waals surface area contributed by atoms with Crippen molar-refractivity contribution in [2.24, 2.45) is 11.7 Å². The van der Waals surface area contributed by atoms with Crippen LogP contribution in [0.2, 0.25) is 0 Å². The van der Waals surface area contributed by atoms with Crippen molar-refractivity contribution in [3.8, 4) is 0 Å². The fraction of sp³-hybridized carbons (Fsp3) is 0.636.